The number of amides is 2. The standard InChI is InChI=1S/C17H18BrN5O3/c18-11-3-5-12(6-4-11)23-15(10-1-2-10)14(20-21-23)17(25)22-7-8-26-13(9-22)16(19)24/h3-6,10,13H,1-2,7-9H2,(H2,19,24). The van der Waals surface area contributed by atoms with E-state index < -0.39 is 12.0 Å². The molecule has 0 radical (unpaired) electrons. The number of benzene rings is 1. The fourth-order valence-electron chi connectivity index (χ4n) is 3.09. The van der Waals surface area contributed by atoms with Crippen LogP contribution in [0.3, 0.4) is 0 Å². The fraction of sp³-hybridized carbons (Fsp3) is 0.412. The minimum Gasteiger partial charge on any atom is -0.367 e. The summed E-state index contributed by atoms with van der Waals surface area (Å²) in [7, 11) is 0. The lowest BCUT2D eigenvalue weighted by Gasteiger charge is -2.31. The predicted molar refractivity (Wildman–Crippen MR) is 95.9 cm³/mol. The van der Waals surface area contributed by atoms with E-state index in [9.17, 15) is 9.59 Å². The number of primary amides is 1. The molecule has 0 spiro atoms. The lowest BCUT2D eigenvalue weighted by Crippen LogP contribution is -2.50. The van der Waals surface area contributed by atoms with E-state index in [0.29, 0.717) is 12.2 Å². The van der Waals surface area contributed by atoms with Crippen molar-refractivity contribution in [3.05, 3.63) is 40.1 Å². The van der Waals surface area contributed by atoms with Crippen LogP contribution in [0.15, 0.2) is 28.7 Å². The monoisotopic (exact) mass is 419 g/mol. The smallest absolute Gasteiger partial charge is 0.276 e. The number of nitrogens with two attached hydrogens (primary N) is 1. The van der Waals surface area contributed by atoms with Gasteiger partial charge in [0.05, 0.1) is 24.5 Å². The van der Waals surface area contributed by atoms with Gasteiger partial charge in [-0.25, -0.2) is 4.68 Å². The quantitative estimate of drug-likeness (QED) is 0.802. The highest BCUT2D eigenvalue weighted by Gasteiger charge is 2.37. The molecule has 1 saturated heterocycles. The van der Waals surface area contributed by atoms with Crippen molar-refractivity contribution < 1.29 is 14.3 Å². The molecule has 2 heterocycles. The average molecular weight is 420 g/mol. The van der Waals surface area contributed by atoms with Gasteiger partial charge in [0.25, 0.3) is 5.91 Å². The first-order chi connectivity index (χ1) is 12.5. The molecule has 8 nitrogen and oxygen atoms in total. The van der Waals surface area contributed by atoms with Crippen LogP contribution in [0.5, 0.6) is 0 Å². The maximum Gasteiger partial charge on any atom is 0.276 e. The van der Waals surface area contributed by atoms with Gasteiger partial charge in [0.2, 0.25) is 5.91 Å². The second-order valence-corrected chi connectivity index (χ2v) is 7.41. The van der Waals surface area contributed by atoms with E-state index in [2.05, 4.69) is 26.2 Å². The van der Waals surface area contributed by atoms with Crippen LogP contribution in [0.25, 0.3) is 5.69 Å². The molecule has 1 aliphatic heterocycles. The number of ether oxygens (including phenoxy) is 1. The van der Waals surface area contributed by atoms with Crippen molar-refractivity contribution in [1.29, 1.82) is 0 Å². The second-order valence-electron chi connectivity index (χ2n) is 6.50. The van der Waals surface area contributed by atoms with E-state index in [1.54, 1.807) is 9.58 Å². The van der Waals surface area contributed by atoms with Crippen molar-refractivity contribution in [2.75, 3.05) is 19.7 Å². The van der Waals surface area contributed by atoms with Crippen molar-refractivity contribution in [2.24, 2.45) is 5.73 Å². The first kappa shape index (κ1) is 17.2. The number of hydrogen-bond acceptors (Lipinski definition) is 5. The van der Waals surface area contributed by atoms with Crippen molar-refractivity contribution >= 4 is 27.7 Å². The average Bonchev–Trinajstić information content (AvgIpc) is 3.40. The van der Waals surface area contributed by atoms with Gasteiger partial charge in [-0.2, -0.15) is 0 Å². The number of aromatic nitrogens is 3. The number of hydrogen-bond donors (Lipinski definition) is 1. The molecule has 2 amide bonds. The molecule has 1 saturated carbocycles. The van der Waals surface area contributed by atoms with Crippen LogP contribution in [-0.4, -0.2) is 57.5 Å². The van der Waals surface area contributed by atoms with Crippen molar-refractivity contribution in [1.82, 2.24) is 19.9 Å². The summed E-state index contributed by atoms with van der Waals surface area (Å²) in [5.74, 6) is -0.520. The molecule has 1 unspecified atom stereocenters. The summed E-state index contributed by atoms with van der Waals surface area (Å²) in [6.45, 7) is 0.820. The van der Waals surface area contributed by atoms with E-state index in [1.165, 1.54) is 0 Å². The van der Waals surface area contributed by atoms with Gasteiger partial charge in [-0.05, 0) is 37.1 Å². The van der Waals surface area contributed by atoms with Gasteiger partial charge in [-0.3, -0.25) is 9.59 Å². The Labute approximate surface area is 158 Å². The third-order valence-corrected chi connectivity index (χ3v) is 5.14. The Kier molecular flexibility index (Phi) is 4.49. The molecule has 1 aromatic heterocycles. The number of halogens is 1. The summed E-state index contributed by atoms with van der Waals surface area (Å²) in [4.78, 5) is 26.0. The highest BCUT2D eigenvalue weighted by molar-refractivity contribution is 9.10. The normalized spacial score (nSPS) is 20.2. The Bertz CT molecular complexity index is 847. The summed E-state index contributed by atoms with van der Waals surface area (Å²) < 4.78 is 8.03. The van der Waals surface area contributed by atoms with Gasteiger partial charge < -0.3 is 15.4 Å². The lowest BCUT2D eigenvalue weighted by atomic mass is 10.1. The van der Waals surface area contributed by atoms with E-state index in [-0.39, 0.29) is 25.0 Å². The number of rotatable bonds is 4. The highest BCUT2D eigenvalue weighted by atomic mass is 79.9. The number of nitrogens with zero attached hydrogens (tertiary/aromatic N) is 4. The zero-order valence-electron chi connectivity index (χ0n) is 14.0. The molecule has 2 fully saturated rings. The SMILES string of the molecule is NC(=O)C1CN(C(=O)c2nnn(-c3ccc(Br)cc3)c2C2CC2)CCO1. The van der Waals surface area contributed by atoms with Gasteiger partial charge in [-0.1, -0.05) is 21.1 Å². The predicted octanol–water partition coefficient (Wildman–Crippen LogP) is 1.23. The Morgan fingerprint density at radius 3 is 2.62 bits per heavy atom. The molecule has 1 aromatic carbocycles. The molecule has 136 valence electrons. The molecule has 2 aromatic rings. The van der Waals surface area contributed by atoms with Gasteiger partial charge in [0, 0.05) is 16.9 Å². The van der Waals surface area contributed by atoms with Gasteiger partial charge >= 0.3 is 0 Å². The Balaban J connectivity index is 1.65. The first-order valence-corrected chi connectivity index (χ1v) is 9.25. The van der Waals surface area contributed by atoms with Crippen LogP contribution >= 0.6 is 15.9 Å². The van der Waals surface area contributed by atoms with Gasteiger partial charge in [-0.15, -0.1) is 5.10 Å². The molecule has 1 atom stereocenters. The topological polar surface area (TPSA) is 103 Å². The largest absolute Gasteiger partial charge is 0.367 e. The Hall–Kier alpha value is -2.26. The number of carbonyl (C=O) groups is 2. The molecule has 4 rings (SSSR count). The molecular weight excluding hydrogens is 402 g/mol. The van der Waals surface area contributed by atoms with E-state index in [0.717, 1.165) is 28.7 Å². The number of carbonyl (C=O) groups excluding carboxylic acids is 2. The highest BCUT2D eigenvalue weighted by Crippen LogP contribution is 2.42. The van der Waals surface area contributed by atoms with Crippen molar-refractivity contribution in [2.45, 2.75) is 24.9 Å². The molecule has 1 aliphatic carbocycles. The lowest BCUT2D eigenvalue weighted by molar-refractivity contribution is -0.133. The summed E-state index contributed by atoms with van der Waals surface area (Å²) >= 11 is 3.42. The van der Waals surface area contributed by atoms with E-state index >= 15 is 0 Å². The summed E-state index contributed by atoms with van der Waals surface area (Å²) in [5.41, 5.74) is 7.35. The van der Waals surface area contributed by atoms with Crippen LogP contribution in [0, 0.1) is 0 Å². The Morgan fingerprint density at radius 1 is 1.23 bits per heavy atom. The van der Waals surface area contributed by atoms with Crippen molar-refractivity contribution in [3.63, 3.8) is 0 Å². The Morgan fingerprint density at radius 2 is 1.96 bits per heavy atom. The molecule has 2 aliphatic rings. The van der Waals surface area contributed by atoms with Crippen LogP contribution < -0.4 is 5.73 Å². The van der Waals surface area contributed by atoms with Crippen molar-refractivity contribution in [3.8, 4) is 5.69 Å². The van der Waals surface area contributed by atoms with E-state index in [1.807, 2.05) is 24.3 Å². The summed E-state index contributed by atoms with van der Waals surface area (Å²) in [6.07, 6.45) is 1.24. The molecule has 9 heteroatoms. The number of morpholine rings is 1. The van der Waals surface area contributed by atoms with E-state index in [4.69, 9.17) is 10.5 Å². The van der Waals surface area contributed by atoms with Gasteiger partial charge in [0.15, 0.2) is 11.8 Å². The molecule has 26 heavy (non-hydrogen) atoms. The minimum atomic E-state index is -0.779. The van der Waals surface area contributed by atoms with Crippen LogP contribution in [0.2, 0.25) is 0 Å². The molecule has 0 bridgehead atoms. The second kappa shape index (κ2) is 6.81. The third kappa shape index (κ3) is 3.24. The first-order valence-electron chi connectivity index (χ1n) is 8.46. The minimum absolute atomic E-state index is 0.142. The fourth-order valence-corrected chi connectivity index (χ4v) is 3.36. The van der Waals surface area contributed by atoms with Crippen LogP contribution in [0.1, 0.15) is 34.9 Å². The maximum absolute atomic E-state index is 13.0. The maximum atomic E-state index is 13.0. The molecule has 2 N–H and O–H groups in total. The summed E-state index contributed by atoms with van der Waals surface area (Å²) in [5, 5.41) is 8.40. The zero-order chi connectivity index (χ0) is 18.3. The zero-order valence-corrected chi connectivity index (χ0v) is 15.6. The van der Waals surface area contributed by atoms with Crippen LogP contribution in [-0.2, 0) is 9.53 Å². The molecular formula is C17H18BrN5O3. The van der Waals surface area contributed by atoms with Crippen LogP contribution in [0.4, 0.5) is 0 Å². The van der Waals surface area contributed by atoms with Gasteiger partial charge in [0.1, 0.15) is 0 Å². The third-order valence-electron chi connectivity index (χ3n) is 4.61. The summed E-state index contributed by atoms with van der Waals surface area (Å²) in [6, 6.07) is 7.71.